The predicted octanol–water partition coefficient (Wildman–Crippen LogP) is 6.06. The predicted molar refractivity (Wildman–Crippen MR) is 103 cm³/mol. The van der Waals surface area contributed by atoms with Crippen molar-refractivity contribution in [2.45, 2.75) is 24.5 Å². The van der Waals surface area contributed by atoms with Crippen molar-refractivity contribution in [1.82, 2.24) is 4.57 Å². The second-order valence-electron chi connectivity index (χ2n) is 5.83. The number of nitrogens with one attached hydrogen (secondary N) is 1. The van der Waals surface area contributed by atoms with Gasteiger partial charge in [-0.15, -0.1) is 11.8 Å². The average molecular weight is 413 g/mol. The lowest BCUT2D eigenvalue weighted by atomic mass is 10.2. The molecular weight excluding hydrogens is 397 g/mol. The van der Waals surface area contributed by atoms with Crippen molar-refractivity contribution in [3.63, 3.8) is 0 Å². The number of aryl methyl sites for hydroxylation is 1. The van der Waals surface area contributed by atoms with Gasteiger partial charge in [-0.3, -0.25) is 4.79 Å². The van der Waals surface area contributed by atoms with Crippen LogP contribution in [0.25, 0.3) is 10.9 Å². The summed E-state index contributed by atoms with van der Waals surface area (Å²) < 4.78 is 40.6. The first kappa shape index (κ1) is 19.6. The van der Waals surface area contributed by atoms with Crippen LogP contribution in [0.15, 0.2) is 53.6 Å². The summed E-state index contributed by atoms with van der Waals surface area (Å²) in [4.78, 5) is 13.2. The minimum Gasteiger partial charge on any atom is -0.347 e. The van der Waals surface area contributed by atoms with Gasteiger partial charge in [-0.05, 0) is 31.2 Å². The fraction of sp³-hybridized carbons (Fsp3) is 0.211. The van der Waals surface area contributed by atoms with Gasteiger partial charge in [0.2, 0.25) is 5.91 Å². The van der Waals surface area contributed by atoms with E-state index in [0.29, 0.717) is 0 Å². The number of hydrogen-bond donors (Lipinski definition) is 1. The SMILES string of the molecule is CCn1cc(SCC(=O)Nc2cc(C(F)(F)F)ccc2Cl)c2ccccc21. The molecule has 0 saturated heterocycles. The van der Waals surface area contributed by atoms with Crippen molar-refractivity contribution < 1.29 is 18.0 Å². The van der Waals surface area contributed by atoms with Crippen LogP contribution in [-0.2, 0) is 17.5 Å². The summed E-state index contributed by atoms with van der Waals surface area (Å²) in [6, 6.07) is 10.7. The van der Waals surface area contributed by atoms with Crippen LogP contribution in [-0.4, -0.2) is 16.2 Å². The van der Waals surface area contributed by atoms with Gasteiger partial charge in [0.25, 0.3) is 0 Å². The molecule has 0 spiro atoms. The summed E-state index contributed by atoms with van der Waals surface area (Å²) in [6.45, 7) is 2.83. The third kappa shape index (κ3) is 4.42. The molecule has 0 aliphatic heterocycles. The number of thioether (sulfide) groups is 1. The Morgan fingerprint density at radius 3 is 2.67 bits per heavy atom. The number of benzene rings is 2. The van der Waals surface area contributed by atoms with Crippen LogP contribution < -0.4 is 5.32 Å². The Bertz CT molecular complexity index is 985. The van der Waals surface area contributed by atoms with Gasteiger partial charge in [0.1, 0.15) is 0 Å². The Labute approximate surface area is 163 Å². The first-order chi connectivity index (χ1) is 12.8. The number of rotatable bonds is 5. The number of nitrogens with zero attached hydrogens (tertiary/aromatic N) is 1. The first-order valence-electron chi connectivity index (χ1n) is 8.17. The van der Waals surface area contributed by atoms with Gasteiger partial charge in [0.15, 0.2) is 0 Å². The molecule has 1 N–H and O–H groups in total. The van der Waals surface area contributed by atoms with E-state index >= 15 is 0 Å². The van der Waals surface area contributed by atoms with Crippen molar-refractivity contribution in [3.8, 4) is 0 Å². The number of alkyl halides is 3. The fourth-order valence-electron chi connectivity index (χ4n) is 2.72. The third-order valence-electron chi connectivity index (χ3n) is 4.02. The van der Waals surface area contributed by atoms with E-state index in [1.165, 1.54) is 11.8 Å². The topological polar surface area (TPSA) is 34.0 Å². The third-order valence-corrected chi connectivity index (χ3v) is 5.39. The van der Waals surface area contributed by atoms with Crippen molar-refractivity contribution in [2.24, 2.45) is 0 Å². The number of para-hydroxylation sites is 1. The van der Waals surface area contributed by atoms with E-state index in [1.807, 2.05) is 37.4 Å². The van der Waals surface area contributed by atoms with Crippen LogP contribution >= 0.6 is 23.4 Å². The van der Waals surface area contributed by atoms with Gasteiger partial charge in [-0.1, -0.05) is 29.8 Å². The number of anilines is 1. The highest BCUT2D eigenvalue weighted by Crippen LogP contribution is 2.34. The summed E-state index contributed by atoms with van der Waals surface area (Å²) in [7, 11) is 0. The zero-order valence-corrected chi connectivity index (χ0v) is 15.9. The van der Waals surface area contributed by atoms with Crippen molar-refractivity contribution >= 4 is 45.9 Å². The van der Waals surface area contributed by atoms with Gasteiger partial charge in [-0.25, -0.2) is 0 Å². The zero-order valence-electron chi connectivity index (χ0n) is 14.3. The standard InChI is InChI=1S/C19H16ClF3N2OS/c1-2-25-10-17(13-5-3-4-6-16(13)25)27-11-18(26)24-15-9-12(19(21,22)23)7-8-14(15)20/h3-10H,2,11H2,1H3,(H,24,26). The number of hydrogen-bond acceptors (Lipinski definition) is 2. The maximum Gasteiger partial charge on any atom is 0.416 e. The second kappa shape index (κ2) is 7.86. The highest BCUT2D eigenvalue weighted by atomic mass is 35.5. The van der Waals surface area contributed by atoms with Gasteiger partial charge >= 0.3 is 6.18 Å². The number of amides is 1. The molecule has 0 radical (unpaired) electrons. The molecule has 3 rings (SSSR count). The highest BCUT2D eigenvalue weighted by molar-refractivity contribution is 8.00. The maximum absolute atomic E-state index is 12.8. The zero-order chi connectivity index (χ0) is 19.6. The molecular formula is C19H16ClF3N2OS. The normalized spacial score (nSPS) is 11.7. The molecule has 0 atom stereocenters. The van der Waals surface area contributed by atoms with Gasteiger partial charge in [0.05, 0.1) is 22.0 Å². The Kier molecular flexibility index (Phi) is 5.72. The average Bonchev–Trinajstić information content (AvgIpc) is 2.99. The molecule has 1 aromatic heterocycles. The van der Waals surface area contributed by atoms with E-state index in [2.05, 4.69) is 9.88 Å². The van der Waals surface area contributed by atoms with E-state index in [4.69, 9.17) is 11.6 Å². The van der Waals surface area contributed by atoms with Crippen LogP contribution in [0.3, 0.4) is 0 Å². The highest BCUT2D eigenvalue weighted by Gasteiger charge is 2.31. The molecule has 1 amide bonds. The molecule has 27 heavy (non-hydrogen) atoms. The van der Waals surface area contributed by atoms with Crippen molar-refractivity contribution in [3.05, 3.63) is 59.2 Å². The van der Waals surface area contributed by atoms with Crippen LogP contribution in [0.1, 0.15) is 12.5 Å². The minimum absolute atomic E-state index is 0.0481. The lowest BCUT2D eigenvalue weighted by Crippen LogP contribution is -2.15. The number of carbonyl (C=O) groups excluding carboxylic acids is 1. The first-order valence-corrected chi connectivity index (χ1v) is 9.53. The maximum atomic E-state index is 12.8. The smallest absolute Gasteiger partial charge is 0.347 e. The van der Waals surface area contributed by atoms with Crippen LogP contribution in [0, 0.1) is 0 Å². The Morgan fingerprint density at radius 1 is 1.22 bits per heavy atom. The number of fused-ring (bicyclic) bond motifs is 1. The summed E-state index contributed by atoms with van der Waals surface area (Å²) >= 11 is 7.25. The van der Waals surface area contributed by atoms with E-state index in [-0.39, 0.29) is 16.5 Å². The molecule has 8 heteroatoms. The lowest BCUT2D eigenvalue weighted by molar-refractivity contribution is -0.137. The number of carbonyl (C=O) groups is 1. The van der Waals surface area contributed by atoms with Crippen molar-refractivity contribution in [1.29, 1.82) is 0 Å². The molecule has 0 fully saturated rings. The summed E-state index contributed by atoms with van der Waals surface area (Å²) in [6.07, 6.45) is -2.53. The van der Waals surface area contributed by atoms with Gasteiger partial charge < -0.3 is 9.88 Å². The van der Waals surface area contributed by atoms with E-state index in [9.17, 15) is 18.0 Å². The number of halogens is 4. The Hall–Kier alpha value is -2.12. The molecule has 3 nitrogen and oxygen atoms in total. The number of aromatic nitrogens is 1. The lowest BCUT2D eigenvalue weighted by Gasteiger charge is -2.11. The van der Waals surface area contributed by atoms with Crippen LogP contribution in [0.5, 0.6) is 0 Å². The van der Waals surface area contributed by atoms with Gasteiger partial charge in [0, 0.05) is 28.5 Å². The minimum atomic E-state index is -4.50. The quantitative estimate of drug-likeness (QED) is 0.516. The molecule has 0 aliphatic carbocycles. The molecule has 142 valence electrons. The van der Waals surface area contributed by atoms with E-state index < -0.39 is 17.6 Å². The molecule has 2 aromatic carbocycles. The van der Waals surface area contributed by atoms with Gasteiger partial charge in [-0.2, -0.15) is 13.2 Å². The fourth-order valence-corrected chi connectivity index (χ4v) is 3.77. The summed E-state index contributed by atoms with van der Waals surface area (Å²) in [5.41, 5.74) is 0.165. The Morgan fingerprint density at radius 2 is 1.96 bits per heavy atom. The van der Waals surface area contributed by atoms with E-state index in [0.717, 1.165) is 40.5 Å². The van der Waals surface area contributed by atoms with E-state index in [1.54, 1.807) is 0 Å². The molecule has 3 aromatic rings. The molecule has 0 saturated carbocycles. The largest absolute Gasteiger partial charge is 0.416 e. The summed E-state index contributed by atoms with van der Waals surface area (Å²) in [5, 5.41) is 3.56. The molecule has 1 heterocycles. The Balaban J connectivity index is 1.73. The monoisotopic (exact) mass is 412 g/mol. The molecule has 0 unspecified atom stereocenters. The van der Waals surface area contributed by atoms with Crippen molar-refractivity contribution in [2.75, 3.05) is 11.1 Å². The molecule has 0 aliphatic rings. The second-order valence-corrected chi connectivity index (χ2v) is 7.25. The molecule has 0 bridgehead atoms. The summed E-state index contributed by atoms with van der Waals surface area (Å²) in [5.74, 6) is -0.362. The van der Waals surface area contributed by atoms with Crippen LogP contribution in [0.4, 0.5) is 18.9 Å². The van der Waals surface area contributed by atoms with Crippen LogP contribution in [0.2, 0.25) is 5.02 Å².